The van der Waals surface area contributed by atoms with Gasteiger partial charge in [0.05, 0.1) is 17.6 Å². The number of benzene rings is 2. The molecule has 1 aromatic heterocycles. The molecule has 1 aliphatic rings. The maximum atomic E-state index is 13.0. The lowest BCUT2D eigenvalue weighted by atomic mass is 9.93. The van der Waals surface area contributed by atoms with Crippen molar-refractivity contribution < 1.29 is 9.32 Å². The quantitative estimate of drug-likeness (QED) is 0.474. The lowest BCUT2D eigenvalue weighted by molar-refractivity contribution is -0.127. The molecule has 0 aliphatic carbocycles. The highest BCUT2D eigenvalue weighted by atomic mass is 35.5. The summed E-state index contributed by atoms with van der Waals surface area (Å²) in [6, 6.07) is 17.8. The molecule has 7 heteroatoms. The van der Waals surface area contributed by atoms with Crippen molar-refractivity contribution in [2.45, 2.75) is 45.7 Å². The predicted molar refractivity (Wildman–Crippen MR) is 130 cm³/mol. The second-order valence-corrected chi connectivity index (χ2v) is 9.55. The Bertz CT molecular complexity index is 1050. The molecule has 0 radical (unpaired) electrons. The number of halogens is 1. The molecule has 1 N–H and O–H groups in total. The molecule has 4 rings (SSSR count). The van der Waals surface area contributed by atoms with E-state index in [9.17, 15) is 4.79 Å². The number of amides is 1. The number of hydrogen-bond acceptors (Lipinski definition) is 5. The number of hydrogen-bond donors (Lipinski definition) is 1. The Morgan fingerprint density at radius 1 is 1.12 bits per heavy atom. The van der Waals surface area contributed by atoms with Crippen LogP contribution in [0.1, 0.15) is 50.6 Å². The zero-order chi connectivity index (χ0) is 23.2. The normalized spacial score (nSPS) is 16.1. The molecule has 1 aliphatic heterocycles. The lowest BCUT2D eigenvalue weighted by Gasteiger charge is -2.31. The largest absolute Gasteiger partial charge is 0.349 e. The summed E-state index contributed by atoms with van der Waals surface area (Å²) in [7, 11) is 0. The molecule has 174 valence electrons. The van der Waals surface area contributed by atoms with Crippen LogP contribution in [-0.4, -0.2) is 34.0 Å². The molecule has 1 fully saturated rings. The summed E-state index contributed by atoms with van der Waals surface area (Å²) < 4.78 is 5.45. The zero-order valence-electron chi connectivity index (χ0n) is 19.2. The van der Waals surface area contributed by atoms with Gasteiger partial charge in [-0.3, -0.25) is 9.69 Å². The summed E-state index contributed by atoms with van der Waals surface area (Å²) >= 11 is 6.24. The van der Waals surface area contributed by atoms with Crippen molar-refractivity contribution in [2.75, 3.05) is 13.1 Å². The molecular formula is C26H31ClN4O2. The Morgan fingerprint density at radius 2 is 1.82 bits per heavy atom. The third-order valence-corrected chi connectivity index (χ3v) is 6.46. The Morgan fingerprint density at radius 3 is 2.52 bits per heavy atom. The third-order valence-electron chi connectivity index (χ3n) is 6.13. The fraction of sp³-hybridized carbons (Fsp3) is 0.423. The number of aromatic nitrogens is 2. The number of rotatable bonds is 8. The standard InChI is InChI=1S/C26H31ClN4O2/c1-18(2)16-23(19-8-4-3-5-9-19)28-26(32)20-12-14-31(15-13-20)17-24-29-25(30-33-24)21-10-6-7-11-22(21)27/h3-11,18,20,23H,12-17H2,1-2H3,(H,28,32). The summed E-state index contributed by atoms with van der Waals surface area (Å²) in [5, 5.41) is 7.99. The van der Waals surface area contributed by atoms with E-state index in [0.717, 1.165) is 37.9 Å². The molecule has 1 saturated heterocycles. The van der Waals surface area contributed by atoms with Crippen LogP contribution in [0.5, 0.6) is 0 Å². The van der Waals surface area contributed by atoms with Crippen LogP contribution in [0.15, 0.2) is 59.1 Å². The fourth-order valence-electron chi connectivity index (χ4n) is 4.34. The van der Waals surface area contributed by atoms with Crippen molar-refractivity contribution >= 4 is 17.5 Å². The van der Waals surface area contributed by atoms with Crippen LogP contribution in [-0.2, 0) is 11.3 Å². The summed E-state index contributed by atoms with van der Waals surface area (Å²) in [5.74, 6) is 1.75. The van der Waals surface area contributed by atoms with Crippen LogP contribution < -0.4 is 5.32 Å². The molecule has 0 saturated carbocycles. The van der Waals surface area contributed by atoms with Gasteiger partial charge in [-0.05, 0) is 56.0 Å². The van der Waals surface area contributed by atoms with Crippen molar-refractivity contribution in [1.82, 2.24) is 20.4 Å². The Hall–Kier alpha value is -2.70. The van der Waals surface area contributed by atoms with Crippen LogP contribution in [0, 0.1) is 11.8 Å². The first-order chi connectivity index (χ1) is 16.0. The summed E-state index contributed by atoms with van der Waals surface area (Å²) in [4.78, 5) is 19.8. The Kier molecular flexibility index (Phi) is 7.78. The maximum absolute atomic E-state index is 13.0. The molecular weight excluding hydrogens is 436 g/mol. The molecule has 0 spiro atoms. The van der Waals surface area contributed by atoms with Crippen molar-refractivity contribution in [3.8, 4) is 11.4 Å². The topological polar surface area (TPSA) is 71.3 Å². The molecule has 0 bridgehead atoms. The van der Waals surface area contributed by atoms with Gasteiger partial charge in [0.1, 0.15) is 0 Å². The van der Waals surface area contributed by atoms with E-state index in [1.54, 1.807) is 0 Å². The van der Waals surface area contributed by atoms with E-state index in [4.69, 9.17) is 16.1 Å². The van der Waals surface area contributed by atoms with E-state index in [0.29, 0.717) is 29.2 Å². The van der Waals surface area contributed by atoms with Crippen LogP contribution >= 0.6 is 11.6 Å². The SMILES string of the molecule is CC(C)CC(NC(=O)C1CCN(Cc2nc(-c3ccccc3Cl)no2)CC1)c1ccccc1. The van der Waals surface area contributed by atoms with Gasteiger partial charge in [0.15, 0.2) is 0 Å². The molecule has 2 aromatic carbocycles. The minimum Gasteiger partial charge on any atom is -0.349 e. The average molecular weight is 467 g/mol. The Labute approximate surface area is 200 Å². The van der Waals surface area contributed by atoms with E-state index in [2.05, 4.69) is 46.3 Å². The highest BCUT2D eigenvalue weighted by molar-refractivity contribution is 6.33. The van der Waals surface area contributed by atoms with Gasteiger partial charge in [-0.1, -0.05) is 73.1 Å². The highest BCUT2D eigenvalue weighted by Gasteiger charge is 2.28. The molecule has 1 amide bonds. The predicted octanol–water partition coefficient (Wildman–Crippen LogP) is 5.51. The molecule has 1 unspecified atom stereocenters. The molecule has 3 aromatic rings. The fourth-order valence-corrected chi connectivity index (χ4v) is 4.56. The number of nitrogens with zero attached hydrogens (tertiary/aromatic N) is 3. The van der Waals surface area contributed by atoms with E-state index < -0.39 is 0 Å². The van der Waals surface area contributed by atoms with Crippen molar-refractivity contribution in [3.63, 3.8) is 0 Å². The molecule has 33 heavy (non-hydrogen) atoms. The van der Waals surface area contributed by atoms with E-state index in [-0.39, 0.29) is 17.9 Å². The van der Waals surface area contributed by atoms with Gasteiger partial charge in [-0.2, -0.15) is 4.98 Å². The second-order valence-electron chi connectivity index (χ2n) is 9.14. The smallest absolute Gasteiger partial charge is 0.241 e. The van der Waals surface area contributed by atoms with Crippen LogP contribution in [0.25, 0.3) is 11.4 Å². The van der Waals surface area contributed by atoms with Gasteiger partial charge >= 0.3 is 0 Å². The van der Waals surface area contributed by atoms with E-state index in [1.807, 2.05) is 42.5 Å². The summed E-state index contributed by atoms with van der Waals surface area (Å²) in [5.41, 5.74) is 1.93. The van der Waals surface area contributed by atoms with Crippen molar-refractivity contribution in [1.29, 1.82) is 0 Å². The number of nitrogens with one attached hydrogen (secondary N) is 1. The van der Waals surface area contributed by atoms with Gasteiger partial charge in [0.2, 0.25) is 17.6 Å². The monoisotopic (exact) mass is 466 g/mol. The van der Waals surface area contributed by atoms with Crippen LogP contribution in [0.3, 0.4) is 0 Å². The van der Waals surface area contributed by atoms with E-state index >= 15 is 0 Å². The number of likely N-dealkylation sites (tertiary alicyclic amines) is 1. The van der Waals surface area contributed by atoms with Gasteiger partial charge in [-0.25, -0.2) is 0 Å². The van der Waals surface area contributed by atoms with Gasteiger partial charge in [0, 0.05) is 11.5 Å². The number of carbonyl (C=O) groups excluding carboxylic acids is 1. The first-order valence-corrected chi connectivity index (χ1v) is 12.0. The minimum atomic E-state index is 0.0287. The number of piperidine rings is 1. The van der Waals surface area contributed by atoms with Gasteiger partial charge in [-0.15, -0.1) is 0 Å². The first-order valence-electron chi connectivity index (χ1n) is 11.6. The molecule has 1 atom stereocenters. The van der Waals surface area contributed by atoms with Crippen molar-refractivity contribution in [3.05, 3.63) is 71.1 Å². The molecule has 6 nitrogen and oxygen atoms in total. The first kappa shape index (κ1) is 23.5. The average Bonchev–Trinajstić information content (AvgIpc) is 3.28. The molecule has 2 heterocycles. The summed E-state index contributed by atoms with van der Waals surface area (Å²) in [6.07, 6.45) is 2.57. The summed E-state index contributed by atoms with van der Waals surface area (Å²) in [6.45, 7) is 6.60. The van der Waals surface area contributed by atoms with Gasteiger partial charge < -0.3 is 9.84 Å². The van der Waals surface area contributed by atoms with Crippen LogP contribution in [0.2, 0.25) is 5.02 Å². The second kappa shape index (κ2) is 10.9. The highest BCUT2D eigenvalue weighted by Crippen LogP contribution is 2.27. The maximum Gasteiger partial charge on any atom is 0.241 e. The van der Waals surface area contributed by atoms with E-state index in [1.165, 1.54) is 5.56 Å². The Balaban J connectivity index is 1.30. The third kappa shape index (κ3) is 6.21. The minimum absolute atomic E-state index is 0.0287. The van der Waals surface area contributed by atoms with Crippen LogP contribution in [0.4, 0.5) is 0 Å². The number of carbonyl (C=O) groups is 1. The lowest BCUT2D eigenvalue weighted by Crippen LogP contribution is -2.41. The van der Waals surface area contributed by atoms with Gasteiger partial charge in [0.25, 0.3) is 0 Å². The zero-order valence-corrected chi connectivity index (χ0v) is 20.0. The van der Waals surface area contributed by atoms with Crippen molar-refractivity contribution in [2.24, 2.45) is 11.8 Å².